The van der Waals surface area contributed by atoms with Crippen molar-refractivity contribution in [2.24, 2.45) is 11.8 Å². The van der Waals surface area contributed by atoms with Gasteiger partial charge < -0.3 is 29.8 Å². The van der Waals surface area contributed by atoms with E-state index in [4.69, 9.17) is 4.74 Å². The number of rotatable bonds is 9. The van der Waals surface area contributed by atoms with Gasteiger partial charge in [0.2, 0.25) is 11.8 Å². The third kappa shape index (κ3) is 9.27. The number of hydrogen-bond donors (Lipinski definition) is 2. The highest BCUT2D eigenvalue weighted by Crippen LogP contribution is 2.29. The zero-order valence-electron chi connectivity index (χ0n) is 25.9. The number of nitrogens with one attached hydrogen (secondary N) is 1. The van der Waals surface area contributed by atoms with Crippen molar-refractivity contribution in [3.8, 4) is 16.9 Å². The number of halogens is 1. The number of ether oxygens (including phenoxy) is 1. The Morgan fingerprint density at radius 1 is 1.02 bits per heavy atom. The van der Waals surface area contributed by atoms with Crippen molar-refractivity contribution in [3.63, 3.8) is 0 Å². The Morgan fingerprint density at radius 2 is 1.73 bits per heavy atom. The fraction of sp³-hybridized carbons (Fsp3) is 0.529. The van der Waals surface area contributed by atoms with Gasteiger partial charge in [-0.3, -0.25) is 9.59 Å². The average molecular weight is 610 g/mol. The van der Waals surface area contributed by atoms with Crippen molar-refractivity contribution < 1.29 is 33.4 Å². The summed E-state index contributed by atoms with van der Waals surface area (Å²) >= 11 is 0. The lowest BCUT2D eigenvalue weighted by Crippen LogP contribution is -2.46. The van der Waals surface area contributed by atoms with E-state index in [2.05, 4.69) is 5.32 Å². The van der Waals surface area contributed by atoms with E-state index in [1.165, 1.54) is 24.3 Å². The summed E-state index contributed by atoms with van der Waals surface area (Å²) in [5.74, 6) is -0.727. The molecule has 0 aliphatic carbocycles. The third-order valence-electron chi connectivity index (χ3n) is 8.35. The lowest BCUT2D eigenvalue weighted by atomic mass is 9.91. The highest BCUT2D eigenvalue weighted by molar-refractivity contribution is 5.82. The van der Waals surface area contributed by atoms with E-state index in [0.717, 1.165) is 19.3 Å². The second-order valence-corrected chi connectivity index (χ2v) is 12.9. The standard InChI is InChI=1S/C34H44FN3O6/c1-34(2,3)44-33(43)37-16-12-23(13-17-37)6-11-31(41)38-15-4-5-25(22-38)32(42)36-30(14-18-39)27-19-26(20-28(35)21-27)24-7-9-29(40)10-8-24/h7-10,18-21,23,25,30,40H,4-6,11-17,22H2,1-3H3,(H,36,42)/t25-,30?/m1/s1. The van der Waals surface area contributed by atoms with Gasteiger partial charge in [0.1, 0.15) is 23.5 Å². The van der Waals surface area contributed by atoms with E-state index >= 15 is 0 Å². The summed E-state index contributed by atoms with van der Waals surface area (Å²) in [4.78, 5) is 53.8. The largest absolute Gasteiger partial charge is 0.508 e. The Kier molecular flexibility index (Phi) is 11.0. The lowest BCUT2D eigenvalue weighted by molar-refractivity contribution is -0.136. The first-order chi connectivity index (χ1) is 20.9. The summed E-state index contributed by atoms with van der Waals surface area (Å²) in [6, 6.07) is 10.1. The number of carbonyl (C=O) groups is 4. The molecule has 4 rings (SSSR count). The van der Waals surface area contributed by atoms with Gasteiger partial charge in [0.15, 0.2) is 0 Å². The van der Waals surface area contributed by atoms with Crippen LogP contribution < -0.4 is 5.32 Å². The number of amides is 3. The van der Waals surface area contributed by atoms with E-state index in [1.54, 1.807) is 28.0 Å². The van der Waals surface area contributed by atoms with Crippen LogP contribution in [0.15, 0.2) is 42.5 Å². The van der Waals surface area contributed by atoms with E-state index in [9.17, 15) is 28.7 Å². The molecule has 1 unspecified atom stereocenters. The molecular weight excluding hydrogens is 565 g/mol. The molecule has 3 amide bonds. The summed E-state index contributed by atoms with van der Waals surface area (Å²) in [5, 5.41) is 12.5. The normalized spacial score (nSPS) is 18.4. The molecule has 238 valence electrons. The van der Waals surface area contributed by atoms with Crippen molar-refractivity contribution in [3.05, 3.63) is 53.8 Å². The topological polar surface area (TPSA) is 116 Å². The monoisotopic (exact) mass is 609 g/mol. The molecule has 0 radical (unpaired) electrons. The van der Waals surface area contributed by atoms with Gasteiger partial charge in [-0.15, -0.1) is 0 Å². The summed E-state index contributed by atoms with van der Waals surface area (Å²) in [7, 11) is 0. The summed E-state index contributed by atoms with van der Waals surface area (Å²) in [6.07, 6.45) is 4.47. The predicted octanol–water partition coefficient (Wildman–Crippen LogP) is 5.61. The second kappa shape index (κ2) is 14.7. The third-order valence-corrected chi connectivity index (χ3v) is 8.35. The van der Waals surface area contributed by atoms with Gasteiger partial charge in [-0.2, -0.15) is 0 Å². The van der Waals surface area contributed by atoms with E-state index in [-0.39, 0.29) is 30.1 Å². The van der Waals surface area contributed by atoms with Gasteiger partial charge in [-0.1, -0.05) is 12.1 Å². The van der Waals surface area contributed by atoms with E-state index in [0.29, 0.717) is 74.3 Å². The first-order valence-corrected chi connectivity index (χ1v) is 15.5. The van der Waals surface area contributed by atoms with Crippen LogP contribution in [-0.4, -0.2) is 70.9 Å². The fourth-order valence-electron chi connectivity index (χ4n) is 5.93. The fourth-order valence-corrected chi connectivity index (χ4v) is 5.93. The molecule has 2 fully saturated rings. The van der Waals surface area contributed by atoms with Gasteiger partial charge >= 0.3 is 6.09 Å². The summed E-state index contributed by atoms with van der Waals surface area (Å²) < 4.78 is 20.1. The molecule has 10 heteroatoms. The molecule has 2 aromatic carbocycles. The van der Waals surface area contributed by atoms with Crippen LogP contribution in [0, 0.1) is 17.7 Å². The molecule has 0 saturated carbocycles. The maximum atomic E-state index is 14.6. The van der Waals surface area contributed by atoms with Crippen LogP contribution in [0.2, 0.25) is 0 Å². The number of nitrogens with zero attached hydrogens (tertiary/aromatic N) is 2. The molecule has 0 aromatic heterocycles. The van der Waals surface area contributed by atoms with Crippen LogP contribution in [-0.2, 0) is 19.1 Å². The van der Waals surface area contributed by atoms with Gasteiger partial charge in [0.25, 0.3) is 0 Å². The molecule has 0 bridgehead atoms. The van der Waals surface area contributed by atoms with Crippen molar-refractivity contribution in [1.82, 2.24) is 15.1 Å². The minimum absolute atomic E-state index is 0.0187. The zero-order valence-corrected chi connectivity index (χ0v) is 25.9. The number of phenolic OH excluding ortho intramolecular Hbond substituents is 1. The van der Waals surface area contributed by atoms with Crippen LogP contribution >= 0.6 is 0 Å². The predicted molar refractivity (Wildman–Crippen MR) is 164 cm³/mol. The molecular formula is C34H44FN3O6. The molecule has 44 heavy (non-hydrogen) atoms. The van der Waals surface area contributed by atoms with Crippen molar-refractivity contribution in [2.45, 2.75) is 77.4 Å². The molecule has 2 saturated heterocycles. The first kappa shape index (κ1) is 33.0. The molecule has 2 N–H and O–H groups in total. The Labute approximate surface area is 258 Å². The number of aromatic hydroxyl groups is 1. The molecule has 2 aliphatic rings. The molecule has 9 nitrogen and oxygen atoms in total. The van der Waals surface area contributed by atoms with Gasteiger partial charge in [0, 0.05) is 39.0 Å². The number of piperidine rings is 2. The number of hydrogen-bond acceptors (Lipinski definition) is 6. The Balaban J connectivity index is 1.30. The van der Waals surface area contributed by atoms with Gasteiger partial charge in [-0.25, -0.2) is 9.18 Å². The van der Waals surface area contributed by atoms with Gasteiger partial charge in [-0.05, 0) is 106 Å². The number of carbonyl (C=O) groups excluding carboxylic acids is 4. The van der Waals surface area contributed by atoms with Crippen LogP contribution in [0.3, 0.4) is 0 Å². The summed E-state index contributed by atoms with van der Waals surface area (Å²) in [6.45, 7) is 7.67. The number of aldehydes is 1. The van der Waals surface area contributed by atoms with Crippen molar-refractivity contribution in [2.75, 3.05) is 26.2 Å². The smallest absolute Gasteiger partial charge is 0.410 e. The SMILES string of the molecule is CC(C)(C)OC(=O)N1CCC(CCC(=O)N2CCC[C@@H](C(=O)NC(CC=O)c3cc(F)cc(-c4ccc(O)cc4)c3)C2)CC1. The minimum atomic E-state index is -0.718. The van der Waals surface area contributed by atoms with Crippen LogP contribution in [0.1, 0.15) is 77.3 Å². The summed E-state index contributed by atoms with van der Waals surface area (Å²) in [5.41, 5.74) is 1.19. The van der Waals surface area contributed by atoms with Crippen LogP contribution in [0.5, 0.6) is 5.75 Å². The number of benzene rings is 2. The van der Waals surface area contributed by atoms with Gasteiger partial charge in [0.05, 0.1) is 12.0 Å². The van der Waals surface area contributed by atoms with Crippen molar-refractivity contribution in [1.29, 1.82) is 0 Å². The minimum Gasteiger partial charge on any atom is -0.508 e. The molecule has 2 aromatic rings. The Morgan fingerprint density at radius 3 is 2.39 bits per heavy atom. The highest BCUT2D eigenvalue weighted by Gasteiger charge is 2.31. The first-order valence-electron chi connectivity index (χ1n) is 15.5. The zero-order chi connectivity index (χ0) is 31.9. The molecule has 0 spiro atoms. The van der Waals surface area contributed by atoms with E-state index in [1.807, 2.05) is 20.8 Å². The maximum absolute atomic E-state index is 14.6. The molecule has 2 heterocycles. The average Bonchev–Trinajstić information content (AvgIpc) is 2.99. The molecule has 2 atom stereocenters. The maximum Gasteiger partial charge on any atom is 0.410 e. The Hall–Kier alpha value is -3.95. The Bertz CT molecular complexity index is 1320. The second-order valence-electron chi connectivity index (χ2n) is 12.9. The molecule has 2 aliphatic heterocycles. The number of likely N-dealkylation sites (tertiary alicyclic amines) is 2. The van der Waals surface area contributed by atoms with Crippen LogP contribution in [0.4, 0.5) is 9.18 Å². The van der Waals surface area contributed by atoms with Crippen LogP contribution in [0.25, 0.3) is 11.1 Å². The highest BCUT2D eigenvalue weighted by atomic mass is 19.1. The van der Waals surface area contributed by atoms with Crippen molar-refractivity contribution >= 4 is 24.2 Å². The lowest BCUT2D eigenvalue weighted by Gasteiger charge is -2.35. The quantitative estimate of drug-likeness (QED) is 0.357. The van der Waals surface area contributed by atoms with E-state index < -0.39 is 23.4 Å². The number of phenols is 1.